The van der Waals surface area contributed by atoms with E-state index in [9.17, 15) is 4.39 Å². The molecule has 0 aliphatic rings. The van der Waals surface area contributed by atoms with Crippen molar-refractivity contribution in [3.8, 4) is 16.9 Å². The number of nitrogens with two attached hydrogens (primary N) is 1. The van der Waals surface area contributed by atoms with E-state index in [1.807, 2.05) is 31.2 Å². The third-order valence-corrected chi connectivity index (χ3v) is 2.91. The Hall–Kier alpha value is -1.87. The molecule has 0 radical (unpaired) electrons. The SMILES string of the molecule is COc1ccccc1-c1cc(C(C)N)ccc1F. The van der Waals surface area contributed by atoms with E-state index in [1.165, 1.54) is 6.07 Å². The number of benzene rings is 2. The minimum atomic E-state index is -0.274. The maximum atomic E-state index is 13.9. The van der Waals surface area contributed by atoms with E-state index in [4.69, 9.17) is 10.5 Å². The molecule has 2 N–H and O–H groups in total. The highest BCUT2D eigenvalue weighted by Gasteiger charge is 2.12. The van der Waals surface area contributed by atoms with Gasteiger partial charge >= 0.3 is 0 Å². The summed E-state index contributed by atoms with van der Waals surface area (Å²) in [5.74, 6) is 0.377. The molecule has 3 heteroatoms. The summed E-state index contributed by atoms with van der Waals surface area (Å²) in [7, 11) is 1.58. The Morgan fingerprint density at radius 2 is 1.83 bits per heavy atom. The van der Waals surface area contributed by atoms with Gasteiger partial charge in [-0.25, -0.2) is 4.39 Å². The number of halogens is 1. The molecule has 0 saturated heterocycles. The zero-order valence-corrected chi connectivity index (χ0v) is 10.5. The lowest BCUT2D eigenvalue weighted by Crippen LogP contribution is -2.05. The van der Waals surface area contributed by atoms with E-state index < -0.39 is 0 Å². The van der Waals surface area contributed by atoms with Crippen LogP contribution in [0.5, 0.6) is 5.75 Å². The molecule has 1 unspecified atom stereocenters. The van der Waals surface area contributed by atoms with Crippen LogP contribution in [0.2, 0.25) is 0 Å². The number of rotatable bonds is 3. The van der Waals surface area contributed by atoms with Gasteiger partial charge in [-0.2, -0.15) is 0 Å². The Balaban J connectivity index is 2.59. The average Bonchev–Trinajstić information content (AvgIpc) is 2.39. The summed E-state index contributed by atoms with van der Waals surface area (Å²) in [6.45, 7) is 1.87. The van der Waals surface area contributed by atoms with Gasteiger partial charge in [0.2, 0.25) is 0 Å². The van der Waals surface area contributed by atoms with Crippen molar-refractivity contribution in [2.24, 2.45) is 5.73 Å². The third-order valence-electron chi connectivity index (χ3n) is 2.91. The second-order valence-corrected chi connectivity index (χ2v) is 4.23. The maximum absolute atomic E-state index is 13.9. The van der Waals surface area contributed by atoms with Gasteiger partial charge in [0.05, 0.1) is 7.11 Å². The number of ether oxygens (including phenoxy) is 1. The molecule has 0 saturated carbocycles. The zero-order chi connectivity index (χ0) is 13.1. The number of hydrogen-bond acceptors (Lipinski definition) is 2. The fourth-order valence-electron chi connectivity index (χ4n) is 1.90. The molecule has 0 heterocycles. The minimum Gasteiger partial charge on any atom is -0.496 e. The van der Waals surface area contributed by atoms with E-state index in [2.05, 4.69) is 0 Å². The zero-order valence-electron chi connectivity index (χ0n) is 10.5. The van der Waals surface area contributed by atoms with Crippen LogP contribution in [-0.2, 0) is 0 Å². The molecule has 0 aliphatic carbocycles. The van der Waals surface area contributed by atoms with Gasteiger partial charge in [0.15, 0.2) is 0 Å². The van der Waals surface area contributed by atoms with Crippen molar-refractivity contribution in [1.82, 2.24) is 0 Å². The topological polar surface area (TPSA) is 35.2 Å². The summed E-state index contributed by atoms with van der Waals surface area (Å²) >= 11 is 0. The Morgan fingerprint density at radius 1 is 1.11 bits per heavy atom. The highest BCUT2D eigenvalue weighted by Crippen LogP contribution is 2.32. The van der Waals surface area contributed by atoms with Gasteiger partial charge in [-0.05, 0) is 30.7 Å². The van der Waals surface area contributed by atoms with Crippen LogP contribution in [0.25, 0.3) is 11.1 Å². The Labute approximate surface area is 106 Å². The second-order valence-electron chi connectivity index (χ2n) is 4.23. The van der Waals surface area contributed by atoms with E-state index in [0.717, 1.165) is 11.1 Å². The average molecular weight is 245 g/mol. The fourth-order valence-corrected chi connectivity index (χ4v) is 1.90. The molecule has 0 spiro atoms. The van der Waals surface area contributed by atoms with Crippen molar-refractivity contribution in [2.45, 2.75) is 13.0 Å². The van der Waals surface area contributed by atoms with Crippen LogP contribution in [0.15, 0.2) is 42.5 Å². The van der Waals surface area contributed by atoms with Crippen molar-refractivity contribution in [2.75, 3.05) is 7.11 Å². The van der Waals surface area contributed by atoms with Crippen LogP contribution >= 0.6 is 0 Å². The Morgan fingerprint density at radius 3 is 2.50 bits per heavy atom. The largest absolute Gasteiger partial charge is 0.496 e. The number of hydrogen-bond donors (Lipinski definition) is 1. The van der Waals surface area contributed by atoms with Crippen molar-refractivity contribution in [3.05, 3.63) is 53.8 Å². The van der Waals surface area contributed by atoms with Crippen molar-refractivity contribution in [3.63, 3.8) is 0 Å². The van der Waals surface area contributed by atoms with Crippen molar-refractivity contribution in [1.29, 1.82) is 0 Å². The maximum Gasteiger partial charge on any atom is 0.131 e. The van der Waals surface area contributed by atoms with Gasteiger partial charge in [-0.3, -0.25) is 0 Å². The molecule has 1 atom stereocenters. The summed E-state index contributed by atoms with van der Waals surface area (Å²) in [5, 5.41) is 0. The van der Waals surface area contributed by atoms with Gasteiger partial charge < -0.3 is 10.5 Å². The van der Waals surface area contributed by atoms with E-state index in [0.29, 0.717) is 11.3 Å². The quantitative estimate of drug-likeness (QED) is 0.898. The molecule has 0 aromatic heterocycles. The summed E-state index contributed by atoms with van der Waals surface area (Å²) < 4.78 is 19.2. The van der Waals surface area contributed by atoms with Crippen LogP contribution in [-0.4, -0.2) is 7.11 Å². The van der Waals surface area contributed by atoms with Crippen LogP contribution in [0.1, 0.15) is 18.5 Å². The van der Waals surface area contributed by atoms with Gasteiger partial charge in [0, 0.05) is 17.2 Å². The predicted molar refractivity (Wildman–Crippen MR) is 71.0 cm³/mol. The highest BCUT2D eigenvalue weighted by molar-refractivity contribution is 5.71. The normalized spacial score (nSPS) is 12.2. The summed E-state index contributed by atoms with van der Waals surface area (Å²) in [6, 6.07) is 12.2. The van der Waals surface area contributed by atoms with Crippen LogP contribution in [0.3, 0.4) is 0 Å². The lowest BCUT2D eigenvalue weighted by Gasteiger charge is -2.12. The van der Waals surface area contributed by atoms with E-state index in [-0.39, 0.29) is 11.9 Å². The van der Waals surface area contributed by atoms with Gasteiger partial charge in [-0.15, -0.1) is 0 Å². The standard InChI is InChI=1S/C15H16FNO/c1-10(17)11-7-8-14(16)13(9-11)12-5-3-4-6-15(12)18-2/h3-10H,17H2,1-2H3. The summed E-state index contributed by atoms with van der Waals surface area (Å²) in [4.78, 5) is 0. The van der Waals surface area contributed by atoms with Crippen molar-refractivity contribution < 1.29 is 9.13 Å². The predicted octanol–water partition coefficient (Wildman–Crippen LogP) is 3.52. The second kappa shape index (κ2) is 5.19. The number of para-hydroxylation sites is 1. The molecule has 0 bridgehead atoms. The molecule has 2 nitrogen and oxygen atoms in total. The minimum absolute atomic E-state index is 0.126. The highest BCUT2D eigenvalue weighted by atomic mass is 19.1. The van der Waals surface area contributed by atoms with E-state index in [1.54, 1.807) is 19.2 Å². The lowest BCUT2D eigenvalue weighted by atomic mass is 9.99. The molecule has 0 amide bonds. The van der Waals surface area contributed by atoms with E-state index >= 15 is 0 Å². The molecule has 0 aliphatic heterocycles. The first-order valence-corrected chi connectivity index (χ1v) is 5.82. The molecule has 18 heavy (non-hydrogen) atoms. The smallest absolute Gasteiger partial charge is 0.131 e. The third kappa shape index (κ3) is 2.36. The van der Waals surface area contributed by atoms with Gasteiger partial charge in [0.25, 0.3) is 0 Å². The molecule has 0 fully saturated rings. The van der Waals surface area contributed by atoms with Crippen molar-refractivity contribution >= 4 is 0 Å². The first-order valence-electron chi connectivity index (χ1n) is 5.82. The summed E-state index contributed by atoms with van der Waals surface area (Å²) in [6.07, 6.45) is 0. The molecule has 2 aromatic carbocycles. The molecule has 2 rings (SSSR count). The molecule has 2 aromatic rings. The van der Waals surface area contributed by atoms with Crippen LogP contribution in [0, 0.1) is 5.82 Å². The van der Waals surface area contributed by atoms with Crippen LogP contribution < -0.4 is 10.5 Å². The monoisotopic (exact) mass is 245 g/mol. The van der Waals surface area contributed by atoms with Gasteiger partial charge in [-0.1, -0.05) is 24.3 Å². The van der Waals surface area contributed by atoms with Gasteiger partial charge in [0.1, 0.15) is 11.6 Å². The lowest BCUT2D eigenvalue weighted by molar-refractivity contribution is 0.416. The molecule has 94 valence electrons. The first kappa shape index (κ1) is 12.6. The molecular weight excluding hydrogens is 229 g/mol. The number of methoxy groups -OCH3 is 1. The Kier molecular flexibility index (Phi) is 3.63. The summed E-state index contributed by atoms with van der Waals surface area (Å²) in [5.41, 5.74) is 7.98. The Bertz CT molecular complexity index is 552. The molecular formula is C15H16FNO. The van der Waals surface area contributed by atoms with Crippen LogP contribution in [0.4, 0.5) is 4.39 Å². The fraction of sp³-hybridized carbons (Fsp3) is 0.200. The first-order chi connectivity index (χ1) is 8.63.